The second kappa shape index (κ2) is 8.96. The van der Waals surface area contributed by atoms with E-state index in [4.69, 9.17) is 4.74 Å². The van der Waals surface area contributed by atoms with Gasteiger partial charge in [0.1, 0.15) is 6.73 Å². The summed E-state index contributed by atoms with van der Waals surface area (Å²) in [6, 6.07) is 9.09. The predicted molar refractivity (Wildman–Crippen MR) is 93.8 cm³/mol. The Bertz CT molecular complexity index is 690. The van der Waals surface area contributed by atoms with Gasteiger partial charge in [-0.25, -0.2) is 13.2 Å². The summed E-state index contributed by atoms with van der Waals surface area (Å²) in [4.78, 5) is 23.9. The zero-order valence-electron chi connectivity index (χ0n) is 14.3. The minimum atomic E-state index is -3.17. The molecule has 2 rings (SSSR count). The third-order valence-corrected chi connectivity index (χ3v) is 5.92. The Morgan fingerprint density at radius 2 is 1.96 bits per heavy atom. The van der Waals surface area contributed by atoms with Gasteiger partial charge in [0.15, 0.2) is 9.84 Å². The van der Waals surface area contributed by atoms with Crippen molar-refractivity contribution in [2.75, 3.05) is 31.4 Å². The molecule has 138 valence electrons. The summed E-state index contributed by atoms with van der Waals surface area (Å²) in [6.45, 7) is 2.52. The van der Waals surface area contributed by atoms with Crippen molar-refractivity contribution in [2.45, 2.75) is 25.7 Å². The number of nitrogens with one attached hydrogen (secondary N) is 1. The van der Waals surface area contributed by atoms with Crippen LogP contribution in [0.1, 0.15) is 31.2 Å². The van der Waals surface area contributed by atoms with E-state index in [1.165, 1.54) is 4.90 Å². The van der Waals surface area contributed by atoms with Crippen molar-refractivity contribution >= 4 is 21.8 Å². The summed E-state index contributed by atoms with van der Waals surface area (Å²) in [7, 11) is -3.17. The summed E-state index contributed by atoms with van der Waals surface area (Å²) in [5.41, 5.74) is 1.01. The van der Waals surface area contributed by atoms with Gasteiger partial charge in [-0.15, -0.1) is 0 Å². The Hall–Kier alpha value is -1.93. The molecular formula is C17H24N2O5S. The van der Waals surface area contributed by atoms with E-state index in [1.54, 1.807) is 0 Å². The van der Waals surface area contributed by atoms with Gasteiger partial charge in [0.05, 0.1) is 11.5 Å². The van der Waals surface area contributed by atoms with E-state index in [-0.39, 0.29) is 43.1 Å². The van der Waals surface area contributed by atoms with Gasteiger partial charge in [0.25, 0.3) is 0 Å². The molecule has 0 spiro atoms. The van der Waals surface area contributed by atoms with Crippen LogP contribution in [0.3, 0.4) is 0 Å². The van der Waals surface area contributed by atoms with Crippen molar-refractivity contribution in [3.05, 3.63) is 35.9 Å². The molecule has 0 unspecified atom stereocenters. The molecule has 25 heavy (non-hydrogen) atoms. The molecule has 0 aliphatic carbocycles. The van der Waals surface area contributed by atoms with Crippen molar-refractivity contribution in [2.24, 2.45) is 0 Å². The first kappa shape index (κ1) is 19.4. The van der Waals surface area contributed by atoms with E-state index in [0.29, 0.717) is 13.0 Å². The Labute approximate surface area is 148 Å². The van der Waals surface area contributed by atoms with Gasteiger partial charge >= 0.3 is 6.03 Å². The fourth-order valence-electron chi connectivity index (χ4n) is 2.62. The molecule has 1 N–H and O–H groups in total. The first-order valence-electron chi connectivity index (χ1n) is 8.29. The van der Waals surface area contributed by atoms with E-state index >= 15 is 0 Å². The summed E-state index contributed by atoms with van der Waals surface area (Å²) < 4.78 is 29.8. The maximum atomic E-state index is 12.2. The second-order valence-electron chi connectivity index (χ2n) is 6.18. The lowest BCUT2D eigenvalue weighted by Crippen LogP contribution is -2.50. The normalized spacial score (nSPS) is 16.6. The highest BCUT2D eigenvalue weighted by molar-refractivity contribution is 7.91. The van der Waals surface area contributed by atoms with E-state index in [1.807, 2.05) is 37.3 Å². The van der Waals surface area contributed by atoms with E-state index in [0.717, 1.165) is 5.56 Å². The van der Waals surface area contributed by atoms with Gasteiger partial charge in [0.2, 0.25) is 5.91 Å². The quantitative estimate of drug-likeness (QED) is 0.667. The highest BCUT2D eigenvalue weighted by Crippen LogP contribution is 2.17. The standard InChI is InChI=1S/C17H24N2O5S/c1-14(15-6-3-2-4-7-15)12-25(22,23)11-5-10-24-13-19-9-8-16(20)18-17(19)21/h2-4,6-7,14H,5,8-13H2,1H3,(H,18,20,21)/t14-/m0/s1. The summed E-state index contributed by atoms with van der Waals surface area (Å²) in [6.07, 6.45) is 0.624. The maximum absolute atomic E-state index is 12.2. The van der Waals surface area contributed by atoms with Crippen LogP contribution in [0.4, 0.5) is 4.79 Å². The second-order valence-corrected chi connectivity index (χ2v) is 8.41. The van der Waals surface area contributed by atoms with Gasteiger partial charge < -0.3 is 9.64 Å². The SMILES string of the molecule is C[C@@H](CS(=O)(=O)CCCOCN1CCC(=O)NC1=O)c1ccccc1. The molecule has 0 radical (unpaired) electrons. The Morgan fingerprint density at radius 3 is 2.64 bits per heavy atom. The van der Waals surface area contributed by atoms with Gasteiger partial charge in [-0.05, 0) is 17.9 Å². The van der Waals surface area contributed by atoms with Crippen molar-refractivity contribution in [1.82, 2.24) is 10.2 Å². The molecule has 1 heterocycles. The molecule has 1 aromatic rings. The number of amides is 3. The number of urea groups is 1. The molecule has 7 nitrogen and oxygen atoms in total. The number of carbonyl (C=O) groups excluding carboxylic acids is 2. The monoisotopic (exact) mass is 368 g/mol. The van der Waals surface area contributed by atoms with Crippen molar-refractivity contribution in [3.8, 4) is 0 Å². The zero-order chi connectivity index (χ0) is 18.3. The number of ether oxygens (including phenoxy) is 1. The smallest absolute Gasteiger partial charge is 0.325 e. The lowest BCUT2D eigenvalue weighted by atomic mass is 10.0. The number of carbonyl (C=O) groups is 2. The number of rotatable bonds is 9. The average Bonchev–Trinajstić information content (AvgIpc) is 2.56. The first-order valence-corrected chi connectivity index (χ1v) is 10.1. The van der Waals surface area contributed by atoms with Crippen LogP contribution in [0.2, 0.25) is 0 Å². The lowest BCUT2D eigenvalue weighted by Gasteiger charge is -2.26. The van der Waals surface area contributed by atoms with E-state index in [9.17, 15) is 18.0 Å². The molecule has 1 saturated heterocycles. The number of nitrogens with zero attached hydrogens (tertiary/aromatic N) is 1. The van der Waals surface area contributed by atoms with E-state index in [2.05, 4.69) is 5.32 Å². The average molecular weight is 368 g/mol. The van der Waals surface area contributed by atoms with Gasteiger partial charge in [-0.1, -0.05) is 37.3 Å². The highest BCUT2D eigenvalue weighted by atomic mass is 32.2. The number of imide groups is 1. The van der Waals surface area contributed by atoms with Gasteiger partial charge in [-0.3, -0.25) is 10.1 Å². The molecule has 0 bridgehead atoms. The van der Waals surface area contributed by atoms with Crippen molar-refractivity contribution in [3.63, 3.8) is 0 Å². The van der Waals surface area contributed by atoms with Crippen molar-refractivity contribution in [1.29, 1.82) is 0 Å². The van der Waals surface area contributed by atoms with Crippen LogP contribution in [0.5, 0.6) is 0 Å². The molecule has 8 heteroatoms. The third kappa shape index (κ3) is 6.47. The first-order chi connectivity index (χ1) is 11.9. The third-order valence-electron chi connectivity index (χ3n) is 4.01. The van der Waals surface area contributed by atoms with Crippen LogP contribution in [0.15, 0.2) is 30.3 Å². The fraction of sp³-hybridized carbons (Fsp3) is 0.529. The molecule has 1 aliphatic rings. The topological polar surface area (TPSA) is 92.8 Å². The summed E-state index contributed by atoms with van der Waals surface area (Å²) in [5, 5.41) is 2.20. The van der Waals surface area contributed by atoms with Crippen LogP contribution in [0, 0.1) is 0 Å². The van der Waals surface area contributed by atoms with Crippen LogP contribution < -0.4 is 5.32 Å². The summed E-state index contributed by atoms with van der Waals surface area (Å²) >= 11 is 0. The number of hydrogen-bond donors (Lipinski definition) is 1. The molecule has 1 aromatic carbocycles. The molecule has 1 fully saturated rings. The Kier molecular flexibility index (Phi) is 6.95. The molecule has 0 aromatic heterocycles. The fourth-order valence-corrected chi connectivity index (χ4v) is 4.30. The maximum Gasteiger partial charge on any atom is 0.325 e. The van der Waals surface area contributed by atoms with Crippen molar-refractivity contribution < 1.29 is 22.7 Å². The van der Waals surface area contributed by atoms with Crippen LogP contribution in [-0.4, -0.2) is 56.6 Å². The largest absolute Gasteiger partial charge is 0.361 e. The number of hydrogen-bond acceptors (Lipinski definition) is 5. The number of sulfone groups is 1. The van der Waals surface area contributed by atoms with Gasteiger partial charge in [0, 0.05) is 19.6 Å². The Balaban J connectivity index is 1.66. The minimum Gasteiger partial charge on any atom is -0.361 e. The summed E-state index contributed by atoms with van der Waals surface area (Å²) in [5.74, 6) is -0.190. The lowest BCUT2D eigenvalue weighted by molar-refractivity contribution is -0.122. The highest BCUT2D eigenvalue weighted by Gasteiger charge is 2.22. The van der Waals surface area contributed by atoms with E-state index < -0.39 is 15.9 Å². The van der Waals surface area contributed by atoms with Gasteiger partial charge in [-0.2, -0.15) is 0 Å². The Morgan fingerprint density at radius 1 is 1.24 bits per heavy atom. The molecule has 1 atom stereocenters. The molecule has 3 amide bonds. The molecule has 0 saturated carbocycles. The zero-order valence-corrected chi connectivity index (χ0v) is 15.1. The number of benzene rings is 1. The van der Waals surface area contributed by atoms with Crippen LogP contribution in [0.25, 0.3) is 0 Å². The van der Waals surface area contributed by atoms with Crippen LogP contribution in [-0.2, 0) is 19.4 Å². The predicted octanol–water partition coefficient (Wildman–Crippen LogP) is 1.51. The minimum absolute atomic E-state index is 0.0505. The molecular weight excluding hydrogens is 344 g/mol. The van der Waals surface area contributed by atoms with Crippen LogP contribution >= 0.6 is 0 Å². The molecule has 1 aliphatic heterocycles.